The largest absolute Gasteiger partial charge is 0.298 e. The van der Waals surface area contributed by atoms with Crippen LogP contribution in [0.15, 0.2) is 42.6 Å². The molecule has 0 atom stereocenters. The smallest absolute Gasteiger partial charge is 0.155 e. The van der Waals surface area contributed by atoms with Gasteiger partial charge in [0.25, 0.3) is 0 Å². The maximum absolute atomic E-state index is 13.0. The molecule has 0 N–H and O–H groups in total. The van der Waals surface area contributed by atoms with Gasteiger partial charge in [0.2, 0.25) is 0 Å². The molecule has 2 aromatic carbocycles. The SMILES string of the molecule is CBc1cc(C=O)c(CC)c2ncc(Cc3ccc(F)cc3)cc12. The average molecular weight is 319 g/mol. The first-order valence-corrected chi connectivity index (χ1v) is 8.29. The molecule has 0 aliphatic carbocycles. The molecular weight excluding hydrogens is 300 g/mol. The topological polar surface area (TPSA) is 30.0 Å². The lowest BCUT2D eigenvalue weighted by atomic mass is 9.70. The predicted octanol–water partition coefficient (Wildman–Crippen LogP) is 3.45. The van der Waals surface area contributed by atoms with Crippen LogP contribution in [-0.2, 0) is 12.8 Å². The summed E-state index contributed by atoms with van der Waals surface area (Å²) in [6.07, 6.45) is 4.27. The number of carbonyl (C=O) groups is 1. The fourth-order valence-corrected chi connectivity index (χ4v) is 3.19. The highest BCUT2D eigenvalue weighted by atomic mass is 19.1. The van der Waals surface area contributed by atoms with Gasteiger partial charge in [-0.25, -0.2) is 4.39 Å². The number of fused-ring (bicyclic) bond motifs is 1. The predicted molar refractivity (Wildman–Crippen MR) is 98.4 cm³/mol. The lowest BCUT2D eigenvalue weighted by Crippen LogP contribution is -2.16. The van der Waals surface area contributed by atoms with Gasteiger partial charge in [0.15, 0.2) is 7.28 Å². The fraction of sp³-hybridized carbons (Fsp3) is 0.200. The second-order valence-corrected chi connectivity index (χ2v) is 5.97. The summed E-state index contributed by atoms with van der Waals surface area (Å²) in [4.78, 5) is 16.0. The Bertz CT molecular complexity index is 890. The Balaban J connectivity index is 2.09. The number of pyridine rings is 1. The fourth-order valence-electron chi connectivity index (χ4n) is 3.19. The number of nitrogens with zero attached hydrogens (tertiary/aromatic N) is 1. The van der Waals surface area contributed by atoms with Crippen molar-refractivity contribution in [3.05, 3.63) is 70.7 Å². The standard InChI is InChI=1S/C20H19BFNO/c1-3-17-15(12-24)10-19(21-2)18-9-14(11-23-20(17)18)8-13-4-6-16(22)7-5-13/h4-7,9-12,21H,3,8H2,1-2H3. The summed E-state index contributed by atoms with van der Waals surface area (Å²) in [6, 6.07) is 10.7. The van der Waals surface area contributed by atoms with E-state index in [0.29, 0.717) is 6.42 Å². The maximum atomic E-state index is 13.0. The van der Waals surface area contributed by atoms with Crippen molar-refractivity contribution < 1.29 is 9.18 Å². The van der Waals surface area contributed by atoms with E-state index in [-0.39, 0.29) is 5.82 Å². The number of aromatic nitrogens is 1. The summed E-state index contributed by atoms with van der Waals surface area (Å²) in [6.45, 7) is 4.13. The van der Waals surface area contributed by atoms with Crippen LogP contribution in [0.1, 0.15) is 34.0 Å². The number of aldehydes is 1. The highest BCUT2D eigenvalue weighted by Gasteiger charge is 2.12. The Hall–Kier alpha value is -2.49. The molecule has 0 spiro atoms. The van der Waals surface area contributed by atoms with E-state index in [1.54, 1.807) is 12.1 Å². The van der Waals surface area contributed by atoms with E-state index in [0.717, 1.165) is 58.6 Å². The maximum Gasteiger partial charge on any atom is 0.155 e. The molecule has 0 amide bonds. The van der Waals surface area contributed by atoms with E-state index >= 15 is 0 Å². The lowest BCUT2D eigenvalue weighted by Gasteiger charge is -2.13. The van der Waals surface area contributed by atoms with Crippen molar-refractivity contribution in [1.82, 2.24) is 4.98 Å². The molecule has 0 radical (unpaired) electrons. The van der Waals surface area contributed by atoms with Crippen molar-refractivity contribution in [1.29, 1.82) is 0 Å². The average Bonchev–Trinajstić information content (AvgIpc) is 2.62. The molecule has 0 fully saturated rings. The first-order valence-electron chi connectivity index (χ1n) is 8.29. The number of rotatable bonds is 5. The number of halogens is 1. The molecule has 2 nitrogen and oxygen atoms in total. The zero-order valence-corrected chi connectivity index (χ0v) is 14.0. The Kier molecular flexibility index (Phi) is 4.75. The van der Waals surface area contributed by atoms with E-state index in [2.05, 4.69) is 17.9 Å². The third-order valence-corrected chi connectivity index (χ3v) is 4.44. The van der Waals surface area contributed by atoms with Gasteiger partial charge >= 0.3 is 0 Å². The number of hydrogen-bond acceptors (Lipinski definition) is 2. The minimum atomic E-state index is -0.224. The van der Waals surface area contributed by atoms with Crippen LogP contribution in [0, 0.1) is 5.82 Å². The second-order valence-electron chi connectivity index (χ2n) is 5.97. The van der Waals surface area contributed by atoms with Crippen LogP contribution in [0.3, 0.4) is 0 Å². The molecule has 0 unspecified atom stereocenters. The van der Waals surface area contributed by atoms with E-state index in [1.165, 1.54) is 12.1 Å². The van der Waals surface area contributed by atoms with Gasteiger partial charge < -0.3 is 0 Å². The Morgan fingerprint density at radius 3 is 2.54 bits per heavy atom. The van der Waals surface area contributed by atoms with Crippen molar-refractivity contribution in [3.63, 3.8) is 0 Å². The van der Waals surface area contributed by atoms with Gasteiger partial charge in [0.05, 0.1) is 5.52 Å². The summed E-state index contributed by atoms with van der Waals surface area (Å²) in [5.41, 5.74) is 5.94. The van der Waals surface area contributed by atoms with Gasteiger partial charge in [0, 0.05) is 11.8 Å². The number of benzene rings is 2. The van der Waals surface area contributed by atoms with E-state index in [1.807, 2.05) is 19.2 Å². The molecule has 3 rings (SSSR count). The van der Waals surface area contributed by atoms with Crippen LogP contribution >= 0.6 is 0 Å². The highest BCUT2D eigenvalue weighted by Crippen LogP contribution is 2.21. The van der Waals surface area contributed by atoms with Crippen molar-refractivity contribution in [2.75, 3.05) is 0 Å². The van der Waals surface area contributed by atoms with Crippen LogP contribution in [0.5, 0.6) is 0 Å². The van der Waals surface area contributed by atoms with Gasteiger partial charge in [-0.2, -0.15) is 0 Å². The Morgan fingerprint density at radius 1 is 1.17 bits per heavy atom. The highest BCUT2D eigenvalue weighted by molar-refractivity contribution is 6.56. The molecule has 1 aromatic heterocycles. The normalized spacial score (nSPS) is 10.8. The molecule has 0 saturated carbocycles. The lowest BCUT2D eigenvalue weighted by molar-refractivity contribution is 0.112. The molecular formula is C20H19BFNO. The van der Waals surface area contributed by atoms with Crippen LogP contribution in [0.4, 0.5) is 4.39 Å². The van der Waals surface area contributed by atoms with E-state index < -0.39 is 0 Å². The van der Waals surface area contributed by atoms with Gasteiger partial charge in [-0.1, -0.05) is 37.4 Å². The van der Waals surface area contributed by atoms with Crippen molar-refractivity contribution >= 4 is 29.9 Å². The van der Waals surface area contributed by atoms with Crippen LogP contribution in [-0.4, -0.2) is 18.5 Å². The molecule has 24 heavy (non-hydrogen) atoms. The molecule has 0 aliphatic heterocycles. The third-order valence-electron chi connectivity index (χ3n) is 4.44. The van der Waals surface area contributed by atoms with Crippen LogP contribution < -0.4 is 5.46 Å². The first kappa shape index (κ1) is 16.4. The second kappa shape index (κ2) is 6.96. The van der Waals surface area contributed by atoms with Gasteiger partial charge in [-0.3, -0.25) is 9.78 Å². The van der Waals surface area contributed by atoms with Crippen molar-refractivity contribution in [2.24, 2.45) is 0 Å². The van der Waals surface area contributed by atoms with Crippen LogP contribution in [0.25, 0.3) is 10.9 Å². The quantitative estimate of drug-likeness (QED) is 0.532. The number of carbonyl (C=O) groups excluding carboxylic acids is 1. The number of hydrogen-bond donors (Lipinski definition) is 0. The number of aryl methyl sites for hydroxylation is 1. The molecule has 120 valence electrons. The van der Waals surface area contributed by atoms with E-state index in [4.69, 9.17) is 0 Å². The summed E-state index contributed by atoms with van der Waals surface area (Å²) < 4.78 is 13.0. The molecule has 0 saturated heterocycles. The minimum absolute atomic E-state index is 0.224. The summed E-state index contributed by atoms with van der Waals surface area (Å²) in [5, 5.41) is 1.11. The molecule has 1 heterocycles. The summed E-state index contributed by atoms with van der Waals surface area (Å²) >= 11 is 0. The van der Waals surface area contributed by atoms with E-state index in [9.17, 15) is 9.18 Å². The first-order chi connectivity index (χ1) is 11.7. The summed E-state index contributed by atoms with van der Waals surface area (Å²) in [7, 11) is 0.850. The van der Waals surface area contributed by atoms with Gasteiger partial charge in [-0.15, -0.1) is 0 Å². The monoisotopic (exact) mass is 319 g/mol. The van der Waals surface area contributed by atoms with Crippen molar-refractivity contribution in [3.8, 4) is 0 Å². The Morgan fingerprint density at radius 2 is 1.92 bits per heavy atom. The molecule has 0 bridgehead atoms. The Labute approximate surface area is 142 Å². The van der Waals surface area contributed by atoms with Crippen LogP contribution in [0.2, 0.25) is 6.82 Å². The van der Waals surface area contributed by atoms with Gasteiger partial charge in [-0.05, 0) is 53.1 Å². The van der Waals surface area contributed by atoms with Crippen molar-refractivity contribution in [2.45, 2.75) is 26.6 Å². The molecule has 0 aliphatic rings. The molecule has 4 heteroatoms. The zero-order chi connectivity index (χ0) is 17.1. The minimum Gasteiger partial charge on any atom is -0.298 e. The summed E-state index contributed by atoms with van der Waals surface area (Å²) in [5.74, 6) is -0.224. The van der Waals surface area contributed by atoms with Gasteiger partial charge in [0.1, 0.15) is 12.1 Å². The molecule has 3 aromatic rings. The zero-order valence-electron chi connectivity index (χ0n) is 14.0. The third kappa shape index (κ3) is 3.09.